The fourth-order valence-electron chi connectivity index (χ4n) is 1.06. The van der Waals surface area contributed by atoms with Gasteiger partial charge in [0.15, 0.2) is 0 Å². The highest BCUT2D eigenvalue weighted by Crippen LogP contribution is 2.18. The highest BCUT2D eigenvalue weighted by atomic mass is 16.4. The first-order valence-electron chi connectivity index (χ1n) is 7.97. The number of H-pyrrole nitrogens is 1. The number of aromatic nitrogens is 1. The second kappa shape index (κ2) is 3.74. The molecular weight excluding hydrogens is 192 g/mol. The predicted octanol–water partition coefficient (Wildman–Crippen LogP) is 1.12. The minimum Gasteiger partial charge on any atom is -0.480 e. The molecule has 78 valence electrons. The zero-order chi connectivity index (χ0) is 17.9. The first-order chi connectivity index (χ1) is 10.4. The van der Waals surface area contributed by atoms with E-state index in [0.717, 1.165) is 0 Å². The standard InChI is InChI=1S/C11H12N2O2/c12-9(11(14)15)5-7-6-13-10-4-2-1-3-8(7)10/h1-4,6,9,13H,5,12H2,(H,14,15)/i1D,2D,3D,4D,5D2,6D,9D. The summed E-state index contributed by atoms with van der Waals surface area (Å²) in [5.41, 5.74) is 4.30. The van der Waals surface area contributed by atoms with Crippen molar-refractivity contribution in [3.8, 4) is 0 Å². The van der Waals surface area contributed by atoms with Crippen LogP contribution in [0.25, 0.3) is 10.9 Å². The monoisotopic (exact) mass is 212 g/mol. The van der Waals surface area contributed by atoms with Crippen LogP contribution in [-0.4, -0.2) is 22.1 Å². The molecule has 2 aromatic rings. The topological polar surface area (TPSA) is 79.1 Å². The Hall–Kier alpha value is -1.81. The molecule has 0 amide bonds. The second-order valence-electron chi connectivity index (χ2n) is 2.72. The highest BCUT2D eigenvalue weighted by Gasteiger charge is 2.14. The Labute approximate surface area is 98.0 Å². The number of aliphatic carboxylic acids is 1. The fraction of sp³-hybridized carbons (Fsp3) is 0.182. The molecule has 4 nitrogen and oxygen atoms in total. The number of hydrogen-bond donors (Lipinski definition) is 3. The van der Waals surface area contributed by atoms with Crippen molar-refractivity contribution in [1.29, 1.82) is 0 Å². The van der Waals surface area contributed by atoms with Crippen molar-refractivity contribution in [3.05, 3.63) is 35.9 Å². The Bertz CT molecular complexity index is 830. The van der Waals surface area contributed by atoms with E-state index in [-0.39, 0.29) is 5.52 Å². The van der Waals surface area contributed by atoms with Crippen molar-refractivity contribution in [2.75, 3.05) is 0 Å². The lowest BCUT2D eigenvalue weighted by atomic mass is 10.1. The number of hydrogen-bond acceptors (Lipinski definition) is 2. The largest absolute Gasteiger partial charge is 0.480 e. The number of para-hydroxylation sites is 1. The summed E-state index contributed by atoms with van der Waals surface area (Å²) in [6.45, 7) is 0. The summed E-state index contributed by atoms with van der Waals surface area (Å²) in [7, 11) is 0. The van der Waals surface area contributed by atoms with Crippen LogP contribution < -0.4 is 5.73 Å². The molecular formula is C11H12N2O2. The molecule has 0 radical (unpaired) electrons. The van der Waals surface area contributed by atoms with Gasteiger partial charge in [-0.1, -0.05) is 18.1 Å². The van der Waals surface area contributed by atoms with Crippen molar-refractivity contribution < 1.29 is 20.9 Å². The van der Waals surface area contributed by atoms with Gasteiger partial charge in [0, 0.05) is 26.2 Å². The number of aromatic amines is 1. The lowest BCUT2D eigenvalue weighted by Crippen LogP contribution is -2.32. The summed E-state index contributed by atoms with van der Waals surface area (Å²) in [6, 6.07) is -5.58. The molecule has 0 aliphatic rings. The lowest BCUT2D eigenvalue weighted by Gasteiger charge is -2.04. The molecule has 1 heterocycles. The Balaban J connectivity index is 2.97. The third-order valence-electron chi connectivity index (χ3n) is 1.74. The van der Waals surface area contributed by atoms with Gasteiger partial charge in [0.2, 0.25) is 0 Å². The zero-order valence-corrected chi connectivity index (χ0v) is 7.43. The Morgan fingerprint density at radius 3 is 3.20 bits per heavy atom. The molecule has 15 heavy (non-hydrogen) atoms. The number of nitrogens with one attached hydrogen (secondary N) is 1. The van der Waals surface area contributed by atoms with Crippen LogP contribution in [0.5, 0.6) is 0 Å². The number of carboxylic acid groups (broad SMARTS) is 1. The molecule has 0 aliphatic heterocycles. The summed E-state index contributed by atoms with van der Waals surface area (Å²) in [4.78, 5) is 13.4. The maximum absolute atomic E-state index is 11.1. The third kappa shape index (κ3) is 1.85. The van der Waals surface area contributed by atoms with Crippen LogP contribution >= 0.6 is 0 Å². The van der Waals surface area contributed by atoms with E-state index >= 15 is 0 Å². The summed E-state index contributed by atoms with van der Waals surface area (Å²) in [5, 5.41) is 8.59. The molecule has 4 N–H and O–H groups in total. The van der Waals surface area contributed by atoms with Crippen molar-refractivity contribution in [1.82, 2.24) is 4.98 Å². The smallest absolute Gasteiger partial charge is 0.320 e. The normalized spacial score (nSPS) is 23.5. The number of nitrogens with two attached hydrogens (primary N) is 1. The molecule has 0 bridgehead atoms. The number of carbonyl (C=O) groups is 1. The third-order valence-corrected chi connectivity index (χ3v) is 1.74. The van der Waals surface area contributed by atoms with Gasteiger partial charge < -0.3 is 15.8 Å². The van der Waals surface area contributed by atoms with Crippen LogP contribution in [0.15, 0.2) is 30.3 Å². The van der Waals surface area contributed by atoms with E-state index in [0.29, 0.717) is 0 Å². The van der Waals surface area contributed by atoms with Crippen LogP contribution in [-0.2, 0) is 11.2 Å². The zero-order valence-electron chi connectivity index (χ0n) is 15.4. The van der Waals surface area contributed by atoms with E-state index in [2.05, 4.69) is 4.98 Å². The van der Waals surface area contributed by atoms with E-state index < -0.39 is 59.7 Å². The first-order valence-corrected chi connectivity index (χ1v) is 3.97. The van der Waals surface area contributed by atoms with Gasteiger partial charge in [-0.05, 0) is 11.6 Å². The SMILES string of the molecule is [2H]c1[nH]c2c([2H])c([2H])c([2H])c([2H])c2c1C([2H])([2H])C([2H])(N)C(=O)O. The number of fused-ring (bicyclic) bond motifs is 1. The maximum atomic E-state index is 11.1. The average molecular weight is 212 g/mol. The van der Waals surface area contributed by atoms with E-state index in [1.165, 1.54) is 0 Å². The first kappa shape index (κ1) is 3.98. The van der Waals surface area contributed by atoms with Crippen LogP contribution in [0.2, 0.25) is 0 Å². The maximum Gasteiger partial charge on any atom is 0.320 e. The van der Waals surface area contributed by atoms with Crippen molar-refractivity contribution >= 4 is 16.9 Å². The Kier molecular flexibility index (Phi) is 0.994. The Morgan fingerprint density at radius 1 is 1.73 bits per heavy atom. The van der Waals surface area contributed by atoms with Gasteiger partial charge in [-0.15, -0.1) is 0 Å². The molecule has 0 saturated carbocycles. The minimum atomic E-state index is -3.16. The molecule has 0 fully saturated rings. The molecule has 0 saturated heterocycles. The average Bonchev–Trinajstić information content (AvgIpc) is 2.80. The van der Waals surface area contributed by atoms with Gasteiger partial charge in [-0.3, -0.25) is 4.79 Å². The number of rotatable bonds is 3. The van der Waals surface area contributed by atoms with E-state index in [4.69, 9.17) is 21.8 Å². The quantitative estimate of drug-likeness (QED) is 0.713. The van der Waals surface area contributed by atoms with Gasteiger partial charge >= 0.3 is 5.97 Å². The summed E-state index contributed by atoms with van der Waals surface area (Å²) >= 11 is 0. The van der Waals surface area contributed by atoms with E-state index in [1.807, 2.05) is 0 Å². The number of benzene rings is 1. The van der Waals surface area contributed by atoms with Gasteiger partial charge in [0.05, 0.1) is 8.22 Å². The summed E-state index contributed by atoms with van der Waals surface area (Å²) in [6.07, 6.45) is -3.76. The predicted molar refractivity (Wildman–Crippen MR) is 57.6 cm³/mol. The summed E-state index contributed by atoms with van der Waals surface area (Å²) < 4.78 is 62.0. The minimum absolute atomic E-state index is 0.249. The molecule has 0 spiro atoms. The highest BCUT2D eigenvalue weighted by molar-refractivity contribution is 5.84. The van der Waals surface area contributed by atoms with Gasteiger partial charge in [0.25, 0.3) is 0 Å². The fourth-order valence-corrected chi connectivity index (χ4v) is 1.06. The molecule has 1 atom stereocenters. The van der Waals surface area contributed by atoms with Crippen molar-refractivity contribution in [2.24, 2.45) is 5.73 Å². The van der Waals surface area contributed by atoms with Crippen LogP contribution in [0, 0.1) is 0 Å². The molecule has 1 aromatic carbocycles. The molecule has 4 heteroatoms. The van der Waals surface area contributed by atoms with Crippen molar-refractivity contribution in [3.63, 3.8) is 0 Å². The van der Waals surface area contributed by atoms with Gasteiger partial charge in [0.1, 0.15) is 6.02 Å². The van der Waals surface area contributed by atoms with Crippen LogP contribution in [0.1, 0.15) is 16.5 Å². The molecule has 2 rings (SSSR count). The lowest BCUT2D eigenvalue weighted by molar-refractivity contribution is -0.138. The van der Waals surface area contributed by atoms with Crippen LogP contribution in [0.3, 0.4) is 0 Å². The van der Waals surface area contributed by atoms with Crippen molar-refractivity contribution in [2.45, 2.75) is 12.4 Å². The Morgan fingerprint density at radius 2 is 2.47 bits per heavy atom. The summed E-state index contributed by atoms with van der Waals surface area (Å²) in [5.74, 6) is -1.97. The molecule has 1 unspecified atom stereocenters. The van der Waals surface area contributed by atoms with Crippen LogP contribution in [0.4, 0.5) is 0 Å². The number of carboxylic acids is 1. The van der Waals surface area contributed by atoms with Gasteiger partial charge in [-0.25, -0.2) is 0 Å². The van der Waals surface area contributed by atoms with E-state index in [9.17, 15) is 4.79 Å². The second-order valence-corrected chi connectivity index (χ2v) is 2.72. The molecule has 0 aliphatic carbocycles. The molecule has 1 aromatic heterocycles. The van der Waals surface area contributed by atoms with Gasteiger partial charge in [-0.2, -0.15) is 0 Å². The van der Waals surface area contributed by atoms with E-state index in [1.54, 1.807) is 0 Å².